The molecule has 2 N–H and O–H groups in total. The zero-order valence-corrected chi connectivity index (χ0v) is 25.4. The second-order valence-corrected chi connectivity index (χ2v) is 13.9. The average molecular weight is 689 g/mol. The minimum atomic E-state index is -3.16. The first-order valence-corrected chi connectivity index (χ1v) is 16.2. The van der Waals surface area contributed by atoms with E-state index < -0.39 is 10.0 Å². The van der Waals surface area contributed by atoms with Crippen molar-refractivity contribution in [3.8, 4) is 5.75 Å². The highest BCUT2D eigenvalue weighted by Crippen LogP contribution is 2.35. The topological polar surface area (TPSA) is 123 Å². The monoisotopic (exact) mass is 687 g/mol. The Bertz CT molecular complexity index is 1430. The van der Waals surface area contributed by atoms with Crippen LogP contribution in [-0.2, 0) is 21.3 Å². The van der Waals surface area contributed by atoms with Gasteiger partial charge < -0.3 is 14.7 Å². The maximum atomic E-state index is 11.8. The molecule has 0 unspecified atom stereocenters. The molecule has 1 aromatic carbocycles. The number of anilines is 2. The van der Waals surface area contributed by atoms with Crippen LogP contribution in [0.15, 0.2) is 32.2 Å². The zero-order chi connectivity index (χ0) is 26.9. The van der Waals surface area contributed by atoms with Gasteiger partial charge in [-0.25, -0.2) is 18.8 Å². The number of benzene rings is 1. The minimum absolute atomic E-state index is 0.129. The van der Waals surface area contributed by atoms with Gasteiger partial charge in [0.1, 0.15) is 5.75 Å². The highest BCUT2D eigenvalue weighted by molar-refractivity contribution is 9.11. The molecule has 2 saturated heterocycles. The van der Waals surface area contributed by atoms with E-state index in [9.17, 15) is 13.5 Å². The van der Waals surface area contributed by atoms with Crippen LogP contribution < -0.4 is 10.3 Å². The van der Waals surface area contributed by atoms with E-state index in [-0.39, 0.29) is 5.75 Å². The summed E-state index contributed by atoms with van der Waals surface area (Å²) in [4.78, 5) is 15.2. The molecule has 0 saturated carbocycles. The van der Waals surface area contributed by atoms with E-state index in [1.165, 1.54) is 10.6 Å². The molecule has 2 fully saturated rings. The van der Waals surface area contributed by atoms with Crippen LogP contribution in [0, 0.1) is 0 Å². The van der Waals surface area contributed by atoms with E-state index in [0.29, 0.717) is 54.3 Å². The first kappa shape index (κ1) is 27.7. The van der Waals surface area contributed by atoms with Gasteiger partial charge in [-0.1, -0.05) is 0 Å². The fraction of sp³-hybridized carbons (Fsp3) is 0.435. The Morgan fingerprint density at radius 1 is 1.11 bits per heavy atom. The molecule has 15 heteroatoms. The summed E-state index contributed by atoms with van der Waals surface area (Å²) in [7, 11) is -3.16. The molecule has 0 amide bonds. The zero-order valence-electron chi connectivity index (χ0n) is 20.6. The number of hydrogen-bond donors (Lipinski definition) is 2. The van der Waals surface area contributed by atoms with Gasteiger partial charge in [0.15, 0.2) is 5.82 Å². The number of rotatable bonds is 7. The van der Waals surface area contributed by atoms with Crippen molar-refractivity contribution in [2.45, 2.75) is 6.54 Å². The summed E-state index contributed by atoms with van der Waals surface area (Å²) in [6.07, 6.45) is 2.89. The highest BCUT2D eigenvalue weighted by Gasteiger charge is 2.25. The van der Waals surface area contributed by atoms with Crippen LogP contribution in [0.25, 0.3) is 10.2 Å². The van der Waals surface area contributed by atoms with E-state index in [0.717, 1.165) is 46.1 Å². The fourth-order valence-corrected chi connectivity index (χ4v) is 7.55. The lowest BCUT2D eigenvalue weighted by Crippen LogP contribution is -2.47. The lowest BCUT2D eigenvalue weighted by Gasteiger charge is -2.32. The van der Waals surface area contributed by atoms with E-state index in [1.807, 2.05) is 0 Å². The normalized spacial score (nSPS) is 18.0. The number of morpholine rings is 1. The minimum Gasteiger partial charge on any atom is -0.506 e. The average Bonchev–Trinajstić information content (AvgIpc) is 3.29. The Morgan fingerprint density at radius 2 is 1.79 bits per heavy atom. The van der Waals surface area contributed by atoms with Crippen molar-refractivity contribution >= 4 is 81.4 Å². The molecule has 11 nitrogen and oxygen atoms in total. The second kappa shape index (κ2) is 11.7. The first-order valence-electron chi connectivity index (χ1n) is 11.9. The van der Waals surface area contributed by atoms with Gasteiger partial charge in [0.05, 0.1) is 44.8 Å². The molecule has 5 rings (SSSR count). The van der Waals surface area contributed by atoms with E-state index >= 15 is 0 Å². The van der Waals surface area contributed by atoms with Crippen LogP contribution in [0.2, 0.25) is 0 Å². The Hall–Kier alpha value is -1.88. The van der Waals surface area contributed by atoms with Gasteiger partial charge in [-0.3, -0.25) is 4.90 Å². The van der Waals surface area contributed by atoms with Crippen molar-refractivity contribution in [2.24, 2.45) is 5.10 Å². The number of piperazine rings is 1. The number of halogens is 2. The maximum absolute atomic E-state index is 11.8. The molecule has 3 aromatic rings. The van der Waals surface area contributed by atoms with Gasteiger partial charge in [-0.05, 0) is 55.6 Å². The second-order valence-electron chi connectivity index (χ2n) is 9.04. The molecular weight excluding hydrogens is 662 g/mol. The maximum Gasteiger partial charge on any atom is 0.246 e. The molecular formula is C23H27Br2N7O4S2. The number of aromatic nitrogens is 2. The molecule has 2 aromatic heterocycles. The van der Waals surface area contributed by atoms with Crippen LogP contribution in [0.4, 0.5) is 11.8 Å². The number of hydrogen-bond acceptors (Lipinski definition) is 11. The Labute approximate surface area is 241 Å². The number of phenolic OH excluding ortho intramolecular Hbond substituents is 1. The number of sulfonamides is 1. The van der Waals surface area contributed by atoms with Crippen molar-refractivity contribution in [1.82, 2.24) is 19.2 Å². The predicted molar refractivity (Wildman–Crippen MR) is 157 cm³/mol. The summed E-state index contributed by atoms with van der Waals surface area (Å²) in [5.41, 5.74) is 4.57. The number of hydrazone groups is 1. The molecule has 0 atom stereocenters. The molecule has 0 aliphatic carbocycles. The molecule has 0 radical (unpaired) electrons. The Kier molecular flexibility index (Phi) is 8.52. The van der Waals surface area contributed by atoms with Gasteiger partial charge in [-0.2, -0.15) is 14.4 Å². The van der Waals surface area contributed by atoms with Crippen molar-refractivity contribution in [2.75, 3.05) is 69.1 Å². The number of nitrogens with one attached hydrogen (secondary N) is 1. The van der Waals surface area contributed by atoms with Crippen LogP contribution in [0.3, 0.4) is 0 Å². The van der Waals surface area contributed by atoms with Gasteiger partial charge in [0, 0.05) is 50.7 Å². The number of ether oxygens (including phenoxy) is 1. The quantitative estimate of drug-likeness (QED) is 0.284. The number of phenols is 1. The van der Waals surface area contributed by atoms with Crippen LogP contribution in [0.1, 0.15) is 10.4 Å². The van der Waals surface area contributed by atoms with E-state index in [4.69, 9.17) is 14.7 Å². The summed E-state index contributed by atoms with van der Waals surface area (Å²) in [5, 5.41) is 14.2. The highest BCUT2D eigenvalue weighted by atomic mass is 79.9. The van der Waals surface area contributed by atoms with Crippen molar-refractivity contribution < 1.29 is 18.3 Å². The number of aromatic hydroxyl groups is 1. The van der Waals surface area contributed by atoms with Crippen molar-refractivity contribution in [3.63, 3.8) is 0 Å². The molecule has 2 aliphatic heterocycles. The molecule has 2 aliphatic rings. The SMILES string of the molecule is CS(=O)(=O)N1CCN(Cc2cc3nc(N/N=C/c4cc(Br)c(O)c(Br)c4)nc(N4CCOCC4)c3s2)CC1. The largest absolute Gasteiger partial charge is 0.506 e. The van der Waals surface area contributed by atoms with Crippen LogP contribution >= 0.6 is 43.2 Å². The number of thiophene rings is 1. The summed E-state index contributed by atoms with van der Waals surface area (Å²) in [6.45, 7) is 5.87. The molecule has 38 heavy (non-hydrogen) atoms. The third-order valence-electron chi connectivity index (χ3n) is 6.31. The first-order chi connectivity index (χ1) is 18.2. The number of fused-ring (bicyclic) bond motifs is 1. The lowest BCUT2D eigenvalue weighted by atomic mass is 10.2. The third-order valence-corrected chi connectivity index (χ3v) is 9.93. The predicted octanol–water partition coefficient (Wildman–Crippen LogP) is 3.28. The Balaban J connectivity index is 1.37. The van der Waals surface area contributed by atoms with E-state index in [2.05, 4.69) is 58.3 Å². The van der Waals surface area contributed by atoms with Crippen LogP contribution in [0.5, 0.6) is 5.75 Å². The Morgan fingerprint density at radius 3 is 2.45 bits per heavy atom. The smallest absolute Gasteiger partial charge is 0.246 e. The molecule has 0 bridgehead atoms. The standard InChI is InChI=1S/C23H27Br2N7O4S2/c1-38(34,35)32-4-2-30(3-5-32)14-16-12-19-21(37-16)22(31-6-8-36-9-7-31)28-23(27-19)29-26-13-15-10-17(24)20(33)18(25)11-15/h10-13,33H,2-9,14H2,1H3,(H,27,28,29)/b26-13+. The summed E-state index contributed by atoms with van der Waals surface area (Å²) >= 11 is 8.33. The summed E-state index contributed by atoms with van der Waals surface area (Å²) in [6, 6.07) is 5.60. The van der Waals surface area contributed by atoms with E-state index in [1.54, 1.807) is 29.7 Å². The summed E-state index contributed by atoms with van der Waals surface area (Å²) < 4.78 is 32.9. The van der Waals surface area contributed by atoms with Gasteiger partial charge in [0.25, 0.3) is 0 Å². The van der Waals surface area contributed by atoms with Crippen molar-refractivity contribution in [1.29, 1.82) is 0 Å². The van der Waals surface area contributed by atoms with Crippen LogP contribution in [-0.4, -0.2) is 97.7 Å². The van der Waals surface area contributed by atoms with Crippen molar-refractivity contribution in [3.05, 3.63) is 37.6 Å². The number of nitrogens with zero attached hydrogens (tertiary/aromatic N) is 6. The third kappa shape index (κ3) is 6.46. The van der Waals surface area contributed by atoms with Gasteiger partial charge in [0.2, 0.25) is 16.0 Å². The van der Waals surface area contributed by atoms with Gasteiger partial charge in [-0.15, -0.1) is 11.3 Å². The molecule has 204 valence electrons. The molecule has 4 heterocycles. The fourth-order valence-electron chi connectivity index (χ4n) is 4.35. The summed E-state index contributed by atoms with van der Waals surface area (Å²) in [5.74, 6) is 1.37. The lowest BCUT2D eigenvalue weighted by molar-refractivity contribution is 0.122. The van der Waals surface area contributed by atoms with Gasteiger partial charge >= 0.3 is 0 Å². The molecule has 0 spiro atoms.